The molecule has 40 heavy (non-hydrogen) atoms. The fourth-order valence-corrected chi connectivity index (χ4v) is 6.23. The van der Waals surface area contributed by atoms with Crippen molar-refractivity contribution in [2.75, 3.05) is 20.8 Å². The second-order valence-corrected chi connectivity index (χ2v) is 10.5. The highest BCUT2D eigenvalue weighted by Gasteiger charge is 2.30. The van der Waals surface area contributed by atoms with Crippen LogP contribution in [0.25, 0.3) is 22.2 Å². The first-order valence-electron chi connectivity index (χ1n) is 13.9. The molecule has 0 bridgehead atoms. The Bertz CT molecular complexity index is 1540. The molecule has 9 heteroatoms. The van der Waals surface area contributed by atoms with Crippen LogP contribution in [0.4, 0.5) is 0 Å². The van der Waals surface area contributed by atoms with Crippen LogP contribution >= 0.6 is 0 Å². The summed E-state index contributed by atoms with van der Waals surface area (Å²) in [6, 6.07) is 11.0. The van der Waals surface area contributed by atoms with Crippen LogP contribution in [0.15, 0.2) is 48.9 Å². The number of H-pyrrole nitrogens is 1. The lowest BCUT2D eigenvalue weighted by atomic mass is 9.81. The molecule has 2 aromatic heterocycles. The summed E-state index contributed by atoms with van der Waals surface area (Å²) >= 11 is 0. The average molecular weight is 543 g/mol. The molecule has 0 spiro atoms. The highest BCUT2D eigenvalue weighted by molar-refractivity contribution is 6.02. The van der Waals surface area contributed by atoms with E-state index in [0.717, 1.165) is 35.4 Å². The summed E-state index contributed by atoms with van der Waals surface area (Å²) in [7, 11) is 2.98. The molecule has 6 rings (SSSR count). The number of hydrogen-bond donors (Lipinski definition) is 2. The van der Waals surface area contributed by atoms with Crippen molar-refractivity contribution in [2.45, 2.75) is 57.0 Å². The summed E-state index contributed by atoms with van der Waals surface area (Å²) in [4.78, 5) is 33.0. The van der Waals surface area contributed by atoms with Crippen molar-refractivity contribution in [1.82, 2.24) is 19.9 Å². The van der Waals surface area contributed by atoms with Gasteiger partial charge in [-0.15, -0.1) is 0 Å². The lowest BCUT2D eigenvalue weighted by Crippen LogP contribution is -2.43. The summed E-state index contributed by atoms with van der Waals surface area (Å²) in [5.74, 6) is 1.17. The van der Waals surface area contributed by atoms with E-state index in [1.54, 1.807) is 19.6 Å². The highest BCUT2D eigenvalue weighted by atomic mass is 16.5. The van der Waals surface area contributed by atoms with E-state index < -0.39 is 12.0 Å². The monoisotopic (exact) mass is 542 g/mol. The van der Waals surface area contributed by atoms with Crippen molar-refractivity contribution in [1.29, 1.82) is 0 Å². The van der Waals surface area contributed by atoms with Gasteiger partial charge in [0.25, 0.3) is 5.91 Å². The fourth-order valence-electron chi connectivity index (χ4n) is 6.23. The van der Waals surface area contributed by atoms with Gasteiger partial charge < -0.3 is 29.1 Å². The van der Waals surface area contributed by atoms with Crippen LogP contribution in [0.2, 0.25) is 0 Å². The Morgan fingerprint density at radius 3 is 2.75 bits per heavy atom. The lowest BCUT2D eigenvalue weighted by molar-refractivity contribution is -0.142. The second kappa shape index (κ2) is 11.1. The van der Waals surface area contributed by atoms with Gasteiger partial charge in [-0.05, 0) is 48.6 Å². The minimum absolute atomic E-state index is 0.230. The fraction of sp³-hybridized carbons (Fsp3) is 0.387. The molecule has 1 aliphatic carbocycles. The van der Waals surface area contributed by atoms with E-state index in [-0.39, 0.29) is 12.3 Å². The van der Waals surface area contributed by atoms with Crippen LogP contribution in [0, 0.1) is 0 Å². The molecule has 0 unspecified atom stereocenters. The summed E-state index contributed by atoms with van der Waals surface area (Å²) < 4.78 is 18.9. The van der Waals surface area contributed by atoms with E-state index in [9.17, 15) is 9.59 Å². The van der Waals surface area contributed by atoms with Gasteiger partial charge in [-0.3, -0.25) is 4.79 Å². The van der Waals surface area contributed by atoms with Gasteiger partial charge in [0.15, 0.2) is 0 Å². The van der Waals surface area contributed by atoms with Crippen molar-refractivity contribution in [3.8, 4) is 22.8 Å². The Morgan fingerprint density at radius 2 is 2.00 bits per heavy atom. The molecule has 1 atom stereocenters. The molecule has 1 aliphatic heterocycles. The molecule has 3 heterocycles. The highest BCUT2D eigenvalue weighted by Crippen LogP contribution is 2.47. The van der Waals surface area contributed by atoms with Gasteiger partial charge in [-0.2, -0.15) is 0 Å². The maximum absolute atomic E-state index is 13.5. The van der Waals surface area contributed by atoms with Crippen molar-refractivity contribution < 1.29 is 23.8 Å². The normalized spacial score (nSPS) is 15.8. The number of rotatable bonds is 7. The number of fused-ring (bicyclic) bond motifs is 5. The topological polar surface area (TPSA) is 107 Å². The molecular weight excluding hydrogens is 508 g/mol. The van der Waals surface area contributed by atoms with Gasteiger partial charge in [0, 0.05) is 40.7 Å². The van der Waals surface area contributed by atoms with E-state index in [4.69, 9.17) is 14.2 Å². The Hall–Kier alpha value is -4.27. The third kappa shape index (κ3) is 4.80. The van der Waals surface area contributed by atoms with Crippen LogP contribution < -0.4 is 14.8 Å². The molecule has 0 saturated heterocycles. The molecule has 2 aromatic carbocycles. The predicted molar refractivity (Wildman–Crippen MR) is 151 cm³/mol. The lowest BCUT2D eigenvalue weighted by Gasteiger charge is -2.23. The number of nitrogens with zero attached hydrogens (tertiary/aromatic N) is 2. The molecule has 1 saturated carbocycles. The van der Waals surface area contributed by atoms with Gasteiger partial charge in [0.05, 0.1) is 38.5 Å². The zero-order chi connectivity index (χ0) is 27.6. The Morgan fingerprint density at radius 1 is 1.15 bits per heavy atom. The first-order valence-corrected chi connectivity index (χ1v) is 13.9. The van der Waals surface area contributed by atoms with Crippen molar-refractivity contribution >= 4 is 22.8 Å². The predicted octanol–water partition coefficient (Wildman–Crippen LogP) is 4.99. The molecule has 208 valence electrons. The standard InChI is InChI=1S/C31H34N4O5/c1-38-22-9-11-24-27(16-22)40-13-12-35-26-14-20(8-10-23(26)28(29(24)35)19-6-4-3-5-7-19)30(36)34-25(31(37)39-2)15-21-17-32-18-33-21/h8-11,14,16-19,25H,3-7,12-13,15H2,1-2H3,(H,32,33)(H,34,36)/t25-/m0/s1. The number of carbonyl (C=O) groups excluding carboxylic acids is 2. The quantitative estimate of drug-likeness (QED) is 0.319. The van der Waals surface area contributed by atoms with Gasteiger partial charge in [-0.1, -0.05) is 25.3 Å². The third-order valence-corrected chi connectivity index (χ3v) is 8.15. The van der Waals surface area contributed by atoms with Gasteiger partial charge in [0.1, 0.15) is 24.1 Å². The van der Waals surface area contributed by atoms with Crippen molar-refractivity contribution in [3.63, 3.8) is 0 Å². The summed E-state index contributed by atoms with van der Waals surface area (Å²) in [6.45, 7) is 1.16. The number of carbonyl (C=O) groups is 2. The minimum atomic E-state index is -0.853. The van der Waals surface area contributed by atoms with Crippen LogP contribution in [0.3, 0.4) is 0 Å². The summed E-state index contributed by atoms with van der Waals surface area (Å²) in [6.07, 6.45) is 9.47. The van der Waals surface area contributed by atoms with E-state index >= 15 is 0 Å². The first-order chi connectivity index (χ1) is 19.6. The number of aromatic nitrogens is 3. The molecule has 2 N–H and O–H groups in total. The number of amides is 1. The Kier molecular flexibility index (Phi) is 7.19. The number of hydrogen-bond acceptors (Lipinski definition) is 6. The number of nitrogens with one attached hydrogen (secondary N) is 2. The van der Waals surface area contributed by atoms with Crippen LogP contribution in [-0.2, 0) is 22.5 Å². The average Bonchev–Trinajstić information content (AvgIpc) is 3.57. The molecular formula is C31H34N4O5. The van der Waals surface area contributed by atoms with Gasteiger partial charge in [0.2, 0.25) is 0 Å². The maximum Gasteiger partial charge on any atom is 0.328 e. The Labute approximate surface area is 232 Å². The van der Waals surface area contributed by atoms with Crippen LogP contribution in [0.5, 0.6) is 11.5 Å². The molecule has 1 fully saturated rings. The van der Waals surface area contributed by atoms with Crippen molar-refractivity contribution in [2.24, 2.45) is 0 Å². The number of imidazole rings is 1. The van der Waals surface area contributed by atoms with Crippen LogP contribution in [-0.4, -0.2) is 53.3 Å². The Balaban J connectivity index is 1.43. The molecule has 9 nitrogen and oxygen atoms in total. The number of methoxy groups -OCH3 is 2. The first kappa shape index (κ1) is 26.0. The number of ether oxygens (including phenoxy) is 3. The van der Waals surface area contributed by atoms with Gasteiger partial charge in [-0.25, -0.2) is 9.78 Å². The molecule has 0 radical (unpaired) electrons. The van der Waals surface area contributed by atoms with Crippen LogP contribution in [0.1, 0.15) is 59.6 Å². The maximum atomic E-state index is 13.5. The van der Waals surface area contributed by atoms with E-state index in [1.807, 2.05) is 24.3 Å². The number of esters is 1. The third-order valence-electron chi connectivity index (χ3n) is 8.15. The molecule has 2 aliphatic rings. The van der Waals surface area contributed by atoms with E-state index in [0.29, 0.717) is 30.3 Å². The number of aromatic amines is 1. The SMILES string of the molecule is COC(=O)[C@H](Cc1c[nH]cn1)NC(=O)c1ccc2c(C3CCCCC3)c3n(c2c1)CCOc1cc(OC)ccc1-3. The molecule has 4 aromatic rings. The largest absolute Gasteiger partial charge is 0.497 e. The summed E-state index contributed by atoms with van der Waals surface area (Å²) in [5, 5.41) is 4.03. The summed E-state index contributed by atoms with van der Waals surface area (Å²) in [5.41, 5.74) is 5.70. The molecule has 1 amide bonds. The minimum Gasteiger partial charge on any atom is -0.497 e. The zero-order valence-corrected chi connectivity index (χ0v) is 22.9. The van der Waals surface area contributed by atoms with E-state index in [2.05, 4.69) is 32.0 Å². The smallest absolute Gasteiger partial charge is 0.328 e. The van der Waals surface area contributed by atoms with Gasteiger partial charge >= 0.3 is 5.97 Å². The number of benzene rings is 2. The van der Waals surface area contributed by atoms with Crippen molar-refractivity contribution in [3.05, 3.63) is 65.7 Å². The second-order valence-electron chi connectivity index (χ2n) is 10.5. The van der Waals surface area contributed by atoms with E-state index in [1.165, 1.54) is 43.0 Å². The zero-order valence-electron chi connectivity index (χ0n) is 22.9.